The molecule has 28 heavy (non-hydrogen) atoms. The zero-order chi connectivity index (χ0) is 20.1. The van der Waals surface area contributed by atoms with Crippen molar-refractivity contribution in [2.45, 2.75) is 0 Å². The van der Waals surface area contributed by atoms with E-state index in [0.29, 0.717) is 11.5 Å². The zero-order valence-corrected chi connectivity index (χ0v) is 15.0. The maximum Gasteiger partial charge on any atom is 0.271 e. The van der Waals surface area contributed by atoms with E-state index in [2.05, 4.69) is 5.32 Å². The first-order valence-electron chi connectivity index (χ1n) is 8.00. The van der Waals surface area contributed by atoms with Gasteiger partial charge in [-0.1, -0.05) is 41.9 Å². The summed E-state index contributed by atoms with van der Waals surface area (Å²) >= 11 is 5.96. The highest BCUT2D eigenvalue weighted by Gasteiger charge is 2.15. The first-order chi connectivity index (χ1) is 13.5. The minimum Gasteiger partial charge on any atom is -0.457 e. The van der Waals surface area contributed by atoms with Gasteiger partial charge >= 0.3 is 0 Å². The van der Waals surface area contributed by atoms with Gasteiger partial charge in [0.2, 0.25) is 0 Å². The van der Waals surface area contributed by atoms with E-state index < -0.39 is 10.8 Å². The highest BCUT2D eigenvalue weighted by molar-refractivity contribution is 6.34. The van der Waals surface area contributed by atoms with E-state index >= 15 is 0 Å². The van der Waals surface area contributed by atoms with Crippen LogP contribution >= 0.6 is 11.6 Å². The number of nitro benzene ring substituents is 1. The number of nitrogens with zero attached hydrogens (tertiary/aromatic N) is 2. The molecular formula is C20H12ClN3O4. The Morgan fingerprint density at radius 3 is 2.57 bits per heavy atom. The fourth-order valence-corrected chi connectivity index (χ4v) is 2.61. The number of nitrogens with one attached hydrogen (secondary N) is 1. The quantitative estimate of drug-likeness (QED) is 0.282. The molecule has 0 spiro atoms. The number of carbonyl (C=O) groups excluding carboxylic acids is 1. The van der Waals surface area contributed by atoms with Gasteiger partial charge in [-0.2, -0.15) is 5.26 Å². The van der Waals surface area contributed by atoms with Crippen LogP contribution in [-0.4, -0.2) is 10.8 Å². The lowest BCUT2D eigenvalue weighted by molar-refractivity contribution is -0.384. The highest BCUT2D eigenvalue weighted by Crippen LogP contribution is 2.27. The first kappa shape index (κ1) is 18.9. The van der Waals surface area contributed by atoms with Crippen molar-refractivity contribution >= 4 is 35.0 Å². The Balaban J connectivity index is 1.80. The number of carbonyl (C=O) groups is 1. The lowest BCUT2D eigenvalue weighted by Crippen LogP contribution is -2.13. The van der Waals surface area contributed by atoms with E-state index in [1.165, 1.54) is 18.2 Å². The second-order valence-electron chi connectivity index (χ2n) is 5.61. The van der Waals surface area contributed by atoms with E-state index in [9.17, 15) is 20.2 Å². The monoisotopic (exact) mass is 393 g/mol. The molecule has 1 aromatic heterocycles. The van der Waals surface area contributed by atoms with Crippen LogP contribution in [-0.2, 0) is 4.79 Å². The van der Waals surface area contributed by atoms with Crippen LogP contribution in [0, 0.1) is 21.4 Å². The van der Waals surface area contributed by atoms with Crippen molar-refractivity contribution in [2.75, 3.05) is 5.32 Å². The van der Waals surface area contributed by atoms with Crippen LogP contribution in [0.5, 0.6) is 0 Å². The van der Waals surface area contributed by atoms with E-state index in [1.807, 2.05) is 30.3 Å². The fourth-order valence-electron chi connectivity index (χ4n) is 2.39. The Morgan fingerprint density at radius 2 is 1.93 bits per heavy atom. The lowest BCUT2D eigenvalue weighted by Gasteiger charge is -2.06. The molecule has 8 heteroatoms. The third kappa shape index (κ3) is 4.26. The van der Waals surface area contributed by atoms with Crippen molar-refractivity contribution in [1.29, 1.82) is 5.26 Å². The largest absolute Gasteiger partial charge is 0.457 e. The van der Waals surface area contributed by atoms with Gasteiger partial charge in [0.05, 0.1) is 15.6 Å². The Kier molecular flexibility index (Phi) is 5.53. The molecule has 0 fully saturated rings. The maximum absolute atomic E-state index is 12.4. The highest BCUT2D eigenvalue weighted by atomic mass is 35.5. The summed E-state index contributed by atoms with van der Waals surface area (Å²) in [6.07, 6.45) is 1.31. The van der Waals surface area contributed by atoms with E-state index in [4.69, 9.17) is 16.0 Å². The Morgan fingerprint density at radius 1 is 1.18 bits per heavy atom. The number of non-ortho nitro benzene ring substituents is 1. The van der Waals surface area contributed by atoms with Gasteiger partial charge in [-0.05, 0) is 18.2 Å². The van der Waals surface area contributed by atoms with Crippen LogP contribution in [0.3, 0.4) is 0 Å². The molecule has 0 unspecified atom stereocenters. The minimum atomic E-state index is -0.712. The second kappa shape index (κ2) is 8.20. The molecule has 0 atom stereocenters. The summed E-state index contributed by atoms with van der Waals surface area (Å²) in [5.74, 6) is 0.222. The predicted octanol–water partition coefficient (Wildman–Crippen LogP) is 5.05. The molecule has 0 radical (unpaired) electrons. The number of rotatable bonds is 5. The summed E-state index contributed by atoms with van der Waals surface area (Å²) in [5, 5.41) is 22.5. The summed E-state index contributed by atoms with van der Waals surface area (Å²) in [4.78, 5) is 22.5. The van der Waals surface area contributed by atoms with Crippen LogP contribution in [0.4, 0.5) is 11.4 Å². The third-order valence-electron chi connectivity index (χ3n) is 3.75. The van der Waals surface area contributed by atoms with Crippen molar-refractivity contribution < 1.29 is 14.1 Å². The van der Waals surface area contributed by atoms with E-state index in [-0.39, 0.29) is 22.0 Å². The van der Waals surface area contributed by atoms with Gasteiger partial charge in [0, 0.05) is 23.8 Å². The molecule has 1 heterocycles. The number of anilines is 1. The number of hydrogen-bond donors (Lipinski definition) is 1. The average molecular weight is 394 g/mol. The second-order valence-corrected chi connectivity index (χ2v) is 6.02. The van der Waals surface area contributed by atoms with Crippen molar-refractivity contribution in [3.05, 3.63) is 87.1 Å². The molecule has 2 aromatic carbocycles. The molecule has 7 nitrogen and oxygen atoms in total. The number of benzene rings is 2. The van der Waals surface area contributed by atoms with E-state index in [1.54, 1.807) is 18.2 Å². The Hall–Kier alpha value is -3.89. The van der Waals surface area contributed by atoms with Crippen molar-refractivity contribution in [2.24, 2.45) is 0 Å². The average Bonchev–Trinajstić information content (AvgIpc) is 3.16. The molecule has 1 N–H and O–H groups in total. The number of amides is 1. The van der Waals surface area contributed by atoms with Crippen LogP contribution < -0.4 is 5.32 Å². The number of hydrogen-bond acceptors (Lipinski definition) is 5. The fraction of sp³-hybridized carbons (Fsp3) is 0. The standard InChI is InChI=1S/C20H12ClN3O4/c21-17-11-15(24(26)27)6-8-18(17)23-20(25)14(12-22)10-16-7-9-19(28-16)13-4-2-1-3-5-13/h1-11H,(H,23,25). The number of nitriles is 1. The van der Waals surface area contributed by atoms with Crippen LogP contribution in [0.25, 0.3) is 17.4 Å². The van der Waals surface area contributed by atoms with Gasteiger partial charge in [-0.25, -0.2) is 0 Å². The summed E-state index contributed by atoms with van der Waals surface area (Å²) in [7, 11) is 0. The lowest BCUT2D eigenvalue weighted by atomic mass is 10.2. The molecule has 0 saturated carbocycles. The van der Waals surface area contributed by atoms with Crippen LogP contribution in [0.15, 0.2) is 70.7 Å². The van der Waals surface area contributed by atoms with Crippen molar-refractivity contribution in [1.82, 2.24) is 0 Å². The van der Waals surface area contributed by atoms with Crippen molar-refractivity contribution in [3.63, 3.8) is 0 Å². The Labute approximate surface area is 164 Å². The molecule has 0 aliphatic heterocycles. The van der Waals surface area contributed by atoms with Gasteiger partial charge in [-0.15, -0.1) is 0 Å². The summed E-state index contributed by atoms with van der Waals surface area (Å²) < 4.78 is 5.66. The minimum absolute atomic E-state index is 0.01000. The number of nitro groups is 1. The summed E-state index contributed by atoms with van der Waals surface area (Å²) in [6.45, 7) is 0. The normalized spacial score (nSPS) is 10.9. The van der Waals surface area contributed by atoms with Crippen LogP contribution in [0.1, 0.15) is 5.76 Å². The summed E-state index contributed by atoms with van der Waals surface area (Å²) in [5.41, 5.74) is 0.608. The zero-order valence-electron chi connectivity index (χ0n) is 14.3. The van der Waals surface area contributed by atoms with Gasteiger partial charge in [0.15, 0.2) is 0 Å². The topological polar surface area (TPSA) is 109 Å². The molecular weight excluding hydrogens is 382 g/mol. The SMILES string of the molecule is N#CC(=Cc1ccc(-c2ccccc2)o1)C(=O)Nc1ccc([N+](=O)[O-])cc1Cl. The molecule has 0 bridgehead atoms. The van der Waals surface area contributed by atoms with E-state index in [0.717, 1.165) is 11.6 Å². The molecule has 138 valence electrons. The first-order valence-corrected chi connectivity index (χ1v) is 8.38. The molecule has 0 aliphatic carbocycles. The number of halogens is 1. The number of furan rings is 1. The Bertz CT molecular complexity index is 1110. The van der Waals surface area contributed by atoms with Gasteiger partial charge < -0.3 is 9.73 Å². The molecule has 1 amide bonds. The maximum atomic E-state index is 12.4. The molecule has 0 aliphatic rings. The van der Waals surface area contributed by atoms with Gasteiger partial charge in [0.1, 0.15) is 23.2 Å². The van der Waals surface area contributed by atoms with Gasteiger partial charge in [-0.3, -0.25) is 14.9 Å². The van der Waals surface area contributed by atoms with Crippen molar-refractivity contribution in [3.8, 4) is 17.4 Å². The summed E-state index contributed by atoms with van der Waals surface area (Å²) in [6, 6.07) is 18.2. The van der Waals surface area contributed by atoms with Gasteiger partial charge in [0.25, 0.3) is 11.6 Å². The molecule has 0 saturated heterocycles. The molecule has 3 aromatic rings. The van der Waals surface area contributed by atoms with Crippen LogP contribution in [0.2, 0.25) is 5.02 Å². The predicted molar refractivity (Wildman–Crippen MR) is 104 cm³/mol. The third-order valence-corrected chi connectivity index (χ3v) is 4.06. The molecule has 3 rings (SSSR count). The smallest absolute Gasteiger partial charge is 0.271 e.